The summed E-state index contributed by atoms with van der Waals surface area (Å²) in [5, 5.41) is 14.8. The second-order valence-electron chi connectivity index (χ2n) is 12.3. The van der Waals surface area contributed by atoms with Crippen molar-refractivity contribution in [3.05, 3.63) is 81.2 Å². The lowest BCUT2D eigenvalue weighted by molar-refractivity contribution is 0.292. The van der Waals surface area contributed by atoms with Crippen molar-refractivity contribution in [2.24, 2.45) is 0 Å². The van der Waals surface area contributed by atoms with Gasteiger partial charge in [-0.25, -0.2) is 13.6 Å². The highest BCUT2D eigenvalue weighted by molar-refractivity contribution is 6.03. The second-order valence-corrected chi connectivity index (χ2v) is 12.3. The fourth-order valence-corrected chi connectivity index (χ4v) is 7.16. The first-order valence-electron chi connectivity index (χ1n) is 15.6. The van der Waals surface area contributed by atoms with E-state index in [0.29, 0.717) is 40.9 Å². The lowest BCUT2D eigenvalue weighted by Gasteiger charge is -2.17. The Morgan fingerprint density at radius 3 is 2.81 bits per heavy atom. The molecule has 11 heteroatoms. The van der Waals surface area contributed by atoms with E-state index in [1.54, 1.807) is 13.1 Å². The summed E-state index contributed by atoms with van der Waals surface area (Å²) in [5.74, 6) is 2.07. The van der Waals surface area contributed by atoms with Gasteiger partial charge in [0.15, 0.2) is 0 Å². The number of aromatic hydroxyl groups is 1. The number of hydrogen-bond donors (Lipinski definition) is 2. The molecule has 5 heterocycles. The van der Waals surface area contributed by atoms with E-state index in [4.69, 9.17) is 15.6 Å². The molecule has 3 aromatic heterocycles. The summed E-state index contributed by atoms with van der Waals surface area (Å²) in [5.41, 5.74) is 2.47. The number of phenolic OH excluding ortho intramolecular Hbond substituents is 1. The van der Waals surface area contributed by atoms with E-state index in [0.717, 1.165) is 30.6 Å². The number of benzene rings is 2. The van der Waals surface area contributed by atoms with Gasteiger partial charge in [-0.3, -0.25) is 9.88 Å². The third-order valence-corrected chi connectivity index (χ3v) is 9.30. The SMILES string of the molecule is C#Cc1c(F)ccc2cc(O)cc(-c3oc(=O)c4c(NC5Cc6cccnc6C5)nc(OC)nc4c3C)c12.FC1CC2CCCN2C1. The van der Waals surface area contributed by atoms with Crippen molar-refractivity contribution in [1.82, 2.24) is 19.9 Å². The molecule has 1 aliphatic carbocycles. The average Bonchev–Trinajstić information content (AvgIpc) is 3.77. The van der Waals surface area contributed by atoms with Gasteiger partial charge in [-0.1, -0.05) is 18.1 Å². The summed E-state index contributed by atoms with van der Waals surface area (Å²) in [6.45, 7) is 3.58. The summed E-state index contributed by atoms with van der Waals surface area (Å²) < 4.78 is 38.4. The van der Waals surface area contributed by atoms with Crippen LogP contribution in [-0.4, -0.2) is 63.4 Å². The van der Waals surface area contributed by atoms with Crippen molar-refractivity contribution in [1.29, 1.82) is 0 Å². The number of fused-ring (bicyclic) bond motifs is 4. The molecule has 3 unspecified atom stereocenters. The molecular weight excluding hydrogens is 604 g/mol. The number of ether oxygens (including phenoxy) is 1. The van der Waals surface area contributed by atoms with E-state index in [9.17, 15) is 18.7 Å². The highest BCUT2D eigenvalue weighted by atomic mass is 19.1. The maximum absolute atomic E-state index is 14.6. The second kappa shape index (κ2) is 12.3. The van der Waals surface area contributed by atoms with Gasteiger partial charge in [0, 0.05) is 53.5 Å². The minimum Gasteiger partial charge on any atom is -0.508 e. The largest absolute Gasteiger partial charge is 0.508 e. The van der Waals surface area contributed by atoms with Crippen LogP contribution >= 0.6 is 0 Å². The van der Waals surface area contributed by atoms with Crippen molar-refractivity contribution in [3.8, 4) is 35.4 Å². The number of phenols is 1. The van der Waals surface area contributed by atoms with E-state index in [2.05, 4.69) is 31.1 Å². The first-order valence-corrected chi connectivity index (χ1v) is 15.6. The number of pyridine rings is 1. The molecule has 9 nitrogen and oxygen atoms in total. The molecule has 2 saturated heterocycles. The first kappa shape index (κ1) is 30.6. The molecule has 0 radical (unpaired) electrons. The van der Waals surface area contributed by atoms with Crippen LogP contribution in [0.15, 0.2) is 51.8 Å². The van der Waals surface area contributed by atoms with Crippen LogP contribution in [-0.2, 0) is 12.8 Å². The van der Waals surface area contributed by atoms with Gasteiger partial charge in [0.1, 0.15) is 34.7 Å². The van der Waals surface area contributed by atoms with Crippen LogP contribution in [0.1, 0.15) is 41.6 Å². The van der Waals surface area contributed by atoms with E-state index in [1.165, 1.54) is 44.2 Å². The zero-order valence-corrected chi connectivity index (χ0v) is 26.0. The van der Waals surface area contributed by atoms with Crippen LogP contribution in [0, 0.1) is 25.1 Å². The molecule has 2 aromatic carbocycles. The summed E-state index contributed by atoms with van der Waals surface area (Å²) >= 11 is 0. The Balaban J connectivity index is 0.000000334. The number of anilines is 1. The number of nitrogens with one attached hydrogen (secondary N) is 1. The molecule has 0 amide bonds. The smallest absolute Gasteiger partial charge is 0.349 e. The Morgan fingerprint density at radius 1 is 1.19 bits per heavy atom. The summed E-state index contributed by atoms with van der Waals surface area (Å²) in [7, 11) is 1.44. The lowest BCUT2D eigenvalue weighted by atomic mass is 9.95. The van der Waals surface area contributed by atoms with Gasteiger partial charge < -0.3 is 19.6 Å². The van der Waals surface area contributed by atoms with Gasteiger partial charge in [0.05, 0.1) is 18.2 Å². The fourth-order valence-electron chi connectivity index (χ4n) is 7.16. The number of nitrogens with zero attached hydrogens (tertiary/aromatic N) is 4. The van der Waals surface area contributed by atoms with E-state index in [1.807, 2.05) is 12.1 Å². The van der Waals surface area contributed by atoms with E-state index in [-0.39, 0.29) is 45.9 Å². The van der Waals surface area contributed by atoms with Gasteiger partial charge in [-0.2, -0.15) is 9.97 Å². The minimum atomic E-state index is -0.699. The maximum atomic E-state index is 14.6. The van der Waals surface area contributed by atoms with Crippen molar-refractivity contribution < 1.29 is 23.0 Å². The third-order valence-electron chi connectivity index (χ3n) is 9.30. The zero-order valence-electron chi connectivity index (χ0n) is 26.0. The Hall–Kier alpha value is -5.08. The van der Waals surface area contributed by atoms with Crippen molar-refractivity contribution >= 4 is 27.5 Å². The number of aryl methyl sites for hydroxylation is 1. The van der Waals surface area contributed by atoms with Gasteiger partial charge in [-0.05, 0) is 74.4 Å². The number of methoxy groups -OCH3 is 1. The standard InChI is InChI=1S/C29H21FN4O4.C7H12FN/c1-4-19-21(30)8-7-16-11-18(35)13-20(23(16)19)26-14(2)25-24(28(36)38-26)27(34-29(33-25)37-3)32-17-10-15-6-5-9-31-22(15)12-17;8-6-4-7-2-1-3-9(7)5-6/h1,5-9,11,13,17,35H,10,12H2,2-3H3,(H,32,33,34);6-7H,1-5H2. The Morgan fingerprint density at radius 2 is 2.04 bits per heavy atom. The van der Waals surface area contributed by atoms with Gasteiger partial charge >= 0.3 is 11.6 Å². The Kier molecular flexibility index (Phi) is 7.98. The van der Waals surface area contributed by atoms with Crippen LogP contribution in [0.4, 0.5) is 14.6 Å². The quantitative estimate of drug-likeness (QED) is 0.239. The van der Waals surface area contributed by atoms with Crippen LogP contribution < -0.4 is 15.7 Å². The number of rotatable bonds is 4. The molecule has 3 atom stereocenters. The number of alkyl halides is 1. The summed E-state index contributed by atoms with van der Waals surface area (Å²) in [4.78, 5) is 29.1. The number of terminal acetylenes is 1. The number of aromatic nitrogens is 3. The molecule has 8 rings (SSSR count). The van der Waals surface area contributed by atoms with Gasteiger partial charge in [0.2, 0.25) is 0 Å². The predicted octanol–water partition coefficient (Wildman–Crippen LogP) is 5.71. The Labute approximate surface area is 269 Å². The monoisotopic (exact) mass is 637 g/mol. The Bertz CT molecular complexity index is 2090. The lowest BCUT2D eigenvalue weighted by Crippen LogP contribution is -2.22. The number of halogens is 2. The minimum absolute atomic E-state index is 0.00308. The average molecular weight is 638 g/mol. The van der Waals surface area contributed by atoms with Crippen LogP contribution in [0.5, 0.6) is 11.8 Å². The van der Waals surface area contributed by atoms with Gasteiger partial charge in [-0.15, -0.1) is 6.42 Å². The highest BCUT2D eigenvalue weighted by Gasteiger charge is 2.34. The maximum Gasteiger partial charge on any atom is 0.349 e. The molecule has 2 N–H and O–H groups in total. The highest BCUT2D eigenvalue weighted by Crippen LogP contribution is 2.39. The van der Waals surface area contributed by atoms with Crippen LogP contribution in [0.25, 0.3) is 33.0 Å². The molecule has 47 heavy (non-hydrogen) atoms. The molecule has 2 aliphatic heterocycles. The summed E-state index contributed by atoms with van der Waals surface area (Å²) in [6, 6.07) is 10.1. The summed E-state index contributed by atoms with van der Waals surface area (Å²) in [6.07, 6.45) is 11.6. The van der Waals surface area contributed by atoms with Crippen molar-refractivity contribution in [2.75, 3.05) is 25.5 Å². The molecule has 2 fully saturated rings. The normalized spacial score (nSPS) is 20.0. The topological polar surface area (TPSA) is 114 Å². The van der Waals surface area contributed by atoms with Gasteiger partial charge in [0.25, 0.3) is 0 Å². The molecule has 240 valence electrons. The van der Waals surface area contributed by atoms with Crippen LogP contribution in [0.3, 0.4) is 0 Å². The van der Waals surface area contributed by atoms with Crippen molar-refractivity contribution in [3.63, 3.8) is 0 Å². The predicted molar refractivity (Wildman–Crippen MR) is 175 cm³/mol. The van der Waals surface area contributed by atoms with Crippen LogP contribution in [0.2, 0.25) is 0 Å². The molecule has 5 aromatic rings. The van der Waals surface area contributed by atoms with E-state index >= 15 is 0 Å². The first-order chi connectivity index (χ1) is 22.7. The van der Waals surface area contributed by atoms with Crippen molar-refractivity contribution in [2.45, 2.75) is 57.3 Å². The third kappa shape index (κ3) is 5.63. The molecule has 0 spiro atoms. The number of hydrogen-bond acceptors (Lipinski definition) is 9. The molecular formula is C36H33F2N5O4. The molecule has 0 bridgehead atoms. The van der Waals surface area contributed by atoms with E-state index < -0.39 is 17.6 Å². The zero-order chi connectivity index (χ0) is 32.8. The fraction of sp³-hybridized carbons (Fsp3) is 0.333. The molecule has 3 aliphatic rings. The molecule has 0 saturated carbocycles.